The number of carbonyl (C=O) groups is 1. The summed E-state index contributed by atoms with van der Waals surface area (Å²) in [4.78, 5) is 10.3. The molecule has 5 heteroatoms. The van der Waals surface area contributed by atoms with Gasteiger partial charge in [-0.2, -0.15) is 0 Å². The first-order chi connectivity index (χ1) is 4.77. The number of hydrogen-bond donors (Lipinski definition) is 2. The largest absolute Gasteiger partial charge is 0.509 e. The first-order valence-electron chi connectivity index (χ1n) is 2.87. The smallest absolute Gasteiger partial charge is 0.424 e. The zero-order chi connectivity index (χ0) is 7.56. The van der Waals surface area contributed by atoms with Gasteiger partial charge in [-0.15, -0.1) is 0 Å². The van der Waals surface area contributed by atoms with Crippen molar-refractivity contribution in [2.75, 3.05) is 13.2 Å². The minimum atomic E-state index is -0.835. The summed E-state index contributed by atoms with van der Waals surface area (Å²) in [5, 5.41) is 17.0. The monoisotopic (exact) mass is 148 g/mol. The molecule has 1 aliphatic rings. The molecule has 0 aromatic carbocycles. The van der Waals surface area contributed by atoms with Crippen molar-refractivity contribution in [1.29, 1.82) is 0 Å². The lowest BCUT2D eigenvalue weighted by Gasteiger charge is -2.08. The van der Waals surface area contributed by atoms with Gasteiger partial charge in [-0.25, -0.2) is 4.79 Å². The van der Waals surface area contributed by atoms with Gasteiger partial charge in [0.15, 0.2) is 12.2 Å². The minimum Gasteiger partial charge on any atom is -0.424 e. The van der Waals surface area contributed by atoms with Gasteiger partial charge < -0.3 is 19.7 Å². The van der Waals surface area contributed by atoms with E-state index >= 15 is 0 Å². The van der Waals surface area contributed by atoms with Crippen LogP contribution >= 0.6 is 0 Å². The molecule has 0 radical (unpaired) electrons. The van der Waals surface area contributed by atoms with Gasteiger partial charge in [0.05, 0.1) is 13.2 Å². The molecule has 0 aromatic rings. The Labute approximate surface area is 57.2 Å². The number of rotatable bonds is 2. The molecule has 1 heterocycles. The third-order valence-corrected chi connectivity index (χ3v) is 1.27. The normalized spacial score (nSPS) is 31.6. The molecule has 0 saturated carbocycles. The van der Waals surface area contributed by atoms with Gasteiger partial charge in [-0.3, -0.25) is 0 Å². The Kier molecular flexibility index (Phi) is 2.08. The standard InChI is InChI=1S/C5H8O5/c6-1-3-4(2-7)10-5(8)9-3/h3-4,6-7H,1-2H2/t3-,4-/m0/s1. The van der Waals surface area contributed by atoms with Crippen LogP contribution in [0.5, 0.6) is 0 Å². The molecule has 0 aliphatic carbocycles. The highest BCUT2D eigenvalue weighted by atomic mass is 16.8. The fourth-order valence-electron chi connectivity index (χ4n) is 0.736. The third kappa shape index (κ3) is 1.19. The summed E-state index contributed by atoms with van der Waals surface area (Å²) in [5.74, 6) is 0. The van der Waals surface area contributed by atoms with Gasteiger partial charge >= 0.3 is 6.16 Å². The molecular weight excluding hydrogens is 140 g/mol. The number of cyclic esters (lactones) is 2. The second-order valence-electron chi connectivity index (χ2n) is 1.93. The summed E-state index contributed by atoms with van der Waals surface area (Å²) in [6, 6.07) is 0. The Morgan fingerprint density at radius 2 is 1.60 bits per heavy atom. The lowest BCUT2D eigenvalue weighted by molar-refractivity contribution is 0.0525. The SMILES string of the molecule is O=C1O[C@@H](CO)[C@H](CO)O1. The molecule has 2 N–H and O–H groups in total. The van der Waals surface area contributed by atoms with Gasteiger partial charge in [-0.1, -0.05) is 0 Å². The van der Waals surface area contributed by atoms with Crippen molar-refractivity contribution in [3.8, 4) is 0 Å². The molecule has 1 rings (SSSR count). The fourth-order valence-corrected chi connectivity index (χ4v) is 0.736. The third-order valence-electron chi connectivity index (χ3n) is 1.27. The topological polar surface area (TPSA) is 76.0 Å². The molecule has 2 atom stereocenters. The average molecular weight is 148 g/mol. The van der Waals surface area contributed by atoms with Crippen LogP contribution in [0.2, 0.25) is 0 Å². The van der Waals surface area contributed by atoms with E-state index < -0.39 is 18.4 Å². The van der Waals surface area contributed by atoms with Crippen LogP contribution in [0, 0.1) is 0 Å². The average Bonchev–Trinajstić information content (AvgIpc) is 2.30. The van der Waals surface area contributed by atoms with Crippen LogP contribution in [0.4, 0.5) is 4.79 Å². The van der Waals surface area contributed by atoms with Crippen molar-refractivity contribution < 1.29 is 24.5 Å². The highest BCUT2D eigenvalue weighted by Gasteiger charge is 2.35. The van der Waals surface area contributed by atoms with E-state index in [2.05, 4.69) is 9.47 Å². The van der Waals surface area contributed by atoms with Crippen molar-refractivity contribution >= 4 is 6.16 Å². The van der Waals surface area contributed by atoms with Crippen molar-refractivity contribution in [1.82, 2.24) is 0 Å². The summed E-state index contributed by atoms with van der Waals surface area (Å²) in [5.41, 5.74) is 0. The molecular formula is C5H8O5. The summed E-state index contributed by atoms with van der Waals surface area (Å²) in [7, 11) is 0. The highest BCUT2D eigenvalue weighted by Crippen LogP contribution is 2.13. The minimum absolute atomic E-state index is 0.322. The van der Waals surface area contributed by atoms with E-state index in [-0.39, 0.29) is 13.2 Å². The van der Waals surface area contributed by atoms with E-state index in [4.69, 9.17) is 10.2 Å². The van der Waals surface area contributed by atoms with E-state index in [9.17, 15) is 4.79 Å². The maximum atomic E-state index is 10.3. The first kappa shape index (κ1) is 7.30. The van der Waals surface area contributed by atoms with Crippen molar-refractivity contribution in [3.63, 3.8) is 0 Å². The van der Waals surface area contributed by atoms with Crippen LogP contribution in [-0.2, 0) is 9.47 Å². The maximum absolute atomic E-state index is 10.3. The molecule has 0 spiro atoms. The Bertz CT molecular complexity index is 120. The molecule has 5 nitrogen and oxygen atoms in total. The Balaban J connectivity index is 2.48. The van der Waals surface area contributed by atoms with E-state index in [0.717, 1.165) is 0 Å². The number of ether oxygens (including phenoxy) is 2. The van der Waals surface area contributed by atoms with Gasteiger partial charge in [0.25, 0.3) is 0 Å². The summed E-state index contributed by atoms with van der Waals surface area (Å²) in [6.45, 7) is -0.645. The zero-order valence-corrected chi connectivity index (χ0v) is 5.19. The quantitative estimate of drug-likeness (QED) is 0.485. The van der Waals surface area contributed by atoms with E-state index in [1.165, 1.54) is 0 Å². The van der Waals surface area contributed by atoms with Gasteiger partial charge in [0, 0.05) is 0 Å². The molecule has 0 unspecified atom stereocenters. The number of aliphatic hydroxyl groups is 2. The Morgan fingerprint density at radius 1 is 1.20 bits per heavy atom. The van der Waals surface area contributed by atoms with Gasteiger partial charge in [-0.05, 0) is 0 Å². The molecule has 0 aromatic heterocycles. The van der Waals surface area contributed by atoms with E-state index in [0.29, 0.717) is 0 Å². The summed E-state index contributed by atoms with van der Waals surface area (Å²) < 4.78 is 8.89. The first-order valence-corrected chi connectivity index (χ1v) is 2.87. The highest BCUT2D eigenvalue weighted by molar-refractivity contribution is 5.62. The second-order valence-corrected chi connectivity index (χ2v) is 1.93. The molecule has 10 heavy (non-hydrogen) atoms. The van der Waals surface area contributed by atoms with Gasteiger partial charge in [0.1, 0.15) is 0 Å². The molecule has 58 valence electrons. The van der Waals surface area contributed by atoms with Crippen molar-refractivity contribution in [2.24, 2.45) is 0 Å². The van der Waals surface area contributed by atoms with E-state index in [1.54, 1.807) is 0 Å². The van der Waals surface area contributed by atoms with Crippen LogP contribution in [0.25, 0.3) is 0 Å². The lowest BCUT2D eigenvalue weighted by Crippen LogP contribution is -2.29. The zero-order valence-electron chi connectivity index (χ0n) is 5.19. The summed E-state index contributed by atoms with van der Waals surface area (Å²) >= 11 is 0. The summed E-state index contributed by atoms with van der Waals surface area (Å²) in [6.07, 6.45) is -2.26. The van der Waals surface area contributed by atoms with Crippen LogP contribution in [-0.4, -0.2) is 41.8 Å². The van der Waals surface area contributed by atoms with Gasteiger partial charge in [0.2, 0.25) is 0 Å². The van der Waals surface area contributed by atoms with Crippen LogP contribution in [0.3, 0.4) is 0 Å². The predicted molar refractivity (Wildman–Crippen MR) is 29.3 cm³/mol. The van der Waals surface area contributed by atoms with Crippen LogP contribution in [0.15, 0.2) is 0 Å². The van der Waals surface area contributed by atoms with Crippen molar-refractivity contribution in [3.05, 3.63) is 0 Å². The molecule has 1 aliphatic heterocycles. The number of carbonyl (C=O) groups excluding carboxylic acids is 1. The fraction of sp³-hybridized carbons (Fsp3) is 0.800. The van der Waals surface area contributed by atoms with Crippen molar-refractivity contribution in [2.45, 2.75) is 12.2 Å². The molecule has 0 bridgehead atoms. The molecule has 1 fully saturated rings. The van der Waals surface area contributed by atoms with E-state index in [1.807, 2.05) is 0 Å². The van der Waals surface area contributed by atoms with Crippen LogP contribution < -0.4 is 0 Å². The lowest BCUT2D eigenvalue weighted by atomic mass is 10.2. The predicted octanol–water partition coefficient (Wildman–Crippen LogP) is -1.12. The number of aliphatic hydroxyl groups excluding tert-OH is 2. The van der Waals surface area contributed by atoms with Crippen LogP contribution in [0.1, 0.15) is 0 Å². The second kappa shape index (κ2) is 2.85. The molecule has 1 saturated heterocycles. The Morgan fingerprint density at radius 3 is 1.90 bits per heavy atom. The Hall–Kier alpha value is -0.810. The molecule has 0 amide bonds. The number of hydrogen-bond acceptors (Lipinski definition) is 5. The maximum Gasteiger partial charge on any atom is 0.509 e.